The maximum absolute atomic E-state index is 11.6. The molecule has 146 valence electrons. The highest BCUT2D eigenvalue weighted by molar-refractivity contribution is 5.71. The number of cyclic esters (lactones) is 1. The van der Waals surface area contributed by atoms with Crippen LogP contribution in [0, 0.1) is 5.92 Å². The number of carboxylic acid groups (broad SMARTS) is 1. The fourth-order valence-electron chi connectivity index (χ4n) is 2.76. The lowest BCUT2D eigenvalue weighted by molar-refractivity contribution is -0.163. The maximum Gasteiger partial charge on any atom is 0.309 e. The number of carboxylic acids is 1. The van der Waals surface area contributed by atoms with Crippen LogP contribution in [0.15, 0.2) is 36.5 Å². The maximum atomic E-state index is 11.6. The van der Waals surface area contributed by atoms with Gasteiger partial charge in [-0.15, -0.1) is 0 Å². The molecule has 0 radical (unpaired) electrons. The molecular formula is C20H30O6. The third kappa shape index (κ3) is 8.97. The van der Waals surface area contributed by atoms with Gasteiger partial charge >= 0.3 is 11.9 Å². The van der Waals surface area contributed by atoms with Crippen LogP contribution >= 0.6 is 0 Å². The van der Waals surface area contributed by atoms with Crippen LogP contribution < -0.4 is 0 Å². The van der Waals surface area contributed by atoms with Gasteiger partial charge in [-0.25, -0.2) is 0 Å². The van der Waals surface area contributed by atoms with Crippen LogP contribution in [0.2, 0.25) is 0 Å². The fraction of sp³-hybridized carbons (Fsp3) is 0.600. The predicted molar refractivity (Wildman–Crippen MR) is 98.4 cm³/mol. The van der Waals surface area contributed by atoms with Gasteiger partial charge in [0.05, 0.1) is 18.6 Å². The number of hydrogen-bond acceptors (Lipinski definition) is 5. The van der Waals surface area contributed by atoms with Gasteiger partial charge < -0.3 is 20.1 Å². The van der Waals surface area contributed by atoms with Crippen molar-refractivity contribution in [1.29, 1.82) is 0 Å². The molecule has 1 rings (SSSR count). The second-order valence-electron chi connectivity index (χ2n) is 6.45. The molecule has 1 heterocycles. The van der Waals surface area contributed by atoms with Gasteiger partial charge in [-0.3, -0.25) is 9.59 Å². The average Bonchev–Trinajstić information content (AvgIpc) is 2.57. The van der Waals surface area contributed by atoms with E-state index in [0.29, 0.717) is 25.7 Å². The summed E-state index contributed by atoms with van der Waals surface area (Å²) in [5, 5.41) is 28.7. The summed E-state index contributed by atoms with van der Waals surface area (Å²) in [6.45, 7) is 2.02. The average molecular weight is 366 g/mol. The predicted octanol–water partition coefficient (Wildman–Crippen LogP) is 2.75. The molecule has 0 amide bonds. The van der Waals surface area contributed by atoms with Gasteiger partial charge in [0.25, 0.3) is 0 Å². The van der Waals surface area contributed by atoms with Crippen LogP contribution in [-0.4, -0.2) is 45.6 Å². The molecule has 1 saturated heterocycles. The van der Waals surface area contributed by atoms with Crippen LogP contribution in [0.3, 0.4) is 0 Å². The minimum absolute atomic E-state index is 0.0380. The molecule has 6 nitrogen and oxygen atoms in total. The first-order valence-electron chi connectivity index (χ1n) is 9.19. The van der Waals surface area contributed by atoms with Crippen molar-refractivity contribution in [3.63, 3.8) is 0 Å². The van der Waals surface area contributed by atoms with Gasteiger partial charge in [0.2, 0.25) is 0 Å². The molecule has 1 aliphatic heterocycles. The summed E-state index contributed by atoms with van der Waals surface area (Å²) in [4.78, 5) is 22.1. The zero-order chi connectivity index (χ0) is 19.4. The first-order chi connectivity index (χ1) is 12.4. The van der Waals surface area contributed by atoms with Crippen LogP contribution in [0.1, 0.15) is 51.9 Å². The van der Waals surface area contributed by atoms with Crippen LogP contribution in [0.4, 0.5) is 0 Å². The Balaban J connectivity index is 2.58. The number of carbonyl (C=O) groups excluding carboxylic acids is 1. The Bertz CT molecular complexity index is 522. The second kappa shape index (κ2) is 12.4. The summed E-state index contributed by atoms with van der Waals surface area (Å²) in [5.74, 6) is -1.54. The molecule has 0 spiro atoms. The number of aliphatic hydroxyl groups excluding tert-OH is 2. The molecule has 4 atom stereocenters. The van der Waals surface area contributed by atoms with Gasteiger partial charge in [-0.05, 0) is 38.2 Å². The third-order valence-electron chi connectivity index (χ3n) is 4.20. The van der Waals surface area contributed by atoms with Crippen LogP contribution in [-0.2, 0) is 14.3 Å². The van der Waals surface area contributed by atoms with Gasteiger partial charge in [-0.1, -0.05) is 37.3 Å². The molecule has 0 saturated carbocycles. The van der Waals surface area contributed by atoms with E-state index in [4.69, 9.17) is 9.84 Å². The monoisotopic (exact) mass is 366 g/mol. The molecule has 1 fully saturated rings. The summed E-state index contributed by atoms with van der Waals surface area (Å²) >= 11 is 0. The molecule has 6 heteroatoms. The smallest absolute Gasteiger partial charge is 0.309 e. The van der Waals surface area contributed by atoms with Gasteiger partial charge in [0, 0.05) is 12.3 Å². The summed E-state index contributed by atoms with van der Waals surface area (Å²) in [5.41, 5.74) is 0. The van der Waals surface area contributed by atoms with E-state index in [1.807, 2.05) is 31.2 Å². The number of esters is 1. The van der Waals surface area contributed by atoms with E-state index >= 15 is 0 Å². The lowest BCUT2D eigenvalue weighted by Gasteiger charge is -2.32. The van der Waals surface area contributed by atoms with E-state index in [0.717, 1.165) is 6.42 Å². The minimum atomic E-state index is -0.814. The SMILES string of the molecule is CC/C=C\CC(O)/C=C/[C@H]1OC(=O)C[C@H](O)[C@@H]1C/C=C\CCCC(=O)O. The van der Waals surface area contributed by atoms with E-state index in [1.165, 1.54) is 0 Å². The van der Waals surface area contributed by atoms with Gasteiger partial charge in [0.1, 0.15) is 6.10 Å². The van der Waals surface area contributed by atoms with Crippen molar-refractivity contribution in [2.75, 3.05) is 0 Å². The van der Waals surface area contributed by atoms with Crippen molar-refractivity contribution in [1.82, 2.24) is 0 Å². The van der Waals surface area contributed by atoms with Crippen molar-refractivity contribution in [2.45, 2.75) is 70.2 Å². The topological polar surface area (TPSA) is 104 Å². The number of allylic oxidation sites excluding steroid dienone is 3. The molecule has 0 aromatic rings. The number of ether oxygens (including phenoxy) is 1. The van der Waals surface area contributed by atoms with Gasteiger partial charge in [0.15, 0.2) is 0 Å². The zero-order valence-electron chi connectivity index (χ0n) is 15.3. The molecule has 0 aromatic heterocycles. The molecule has 26 heavy (non-hydrogen) atoms. The summed E-state index contributed by atoms with van der Waals surface area (Å²) in [7, 11) is 0. The third-order valence-corrected chi connectivity index (χ3v) is 4.20. The first-order valence-corrected chi connectivity index (χ1v) is 9.19. The normalized spacial score (nSPS) is 25.2. The minimum Gasteiger partial charge on any atom is -0.481 e. The van der Waals surface area contributed by atoms with E-state index in [-0.39, 0.29) is 18.8 Å². The highest BCUT2D eigenvalue weighted by atomic mass is 16.5. The number of carbonyl (C=O) groups is 2. The Labute approximate surface area is 154 Å². The van der Waals surface area contributed by atoms with Crippen molar-refractivity contribution < 1.29 is 29.6 Å². The molecule has 0 aromatic carbocycles. The highest BCUT2D eigenvalue weighted by Gasteiger charge is 2.35. The lowest BCUT2D eigenvalue weighted by Crippen LogP contribution is -2.41. The highest BCUT2D eigenvalue weighted by Crippen LogP contribution is 2.27. The van der Waals surface area contributed by atoms with Crippen molar-refractivity contribution in [2.24, 2.45) is 5.92 Å². The number of aliphatic carboxylic acids is 1. The molecule has 1 unspecified atom stereocenters. The molecule has 0 aliphatic carbocycles. The summed E-state index contributed by atoms with van der Waals surface area (Å²) in [6, 6.07) is 0. The zero-order valence-corrected chi connectivity index (χ0v) is 15.3. The number of unbranched alkanes of at least 4 members (excludes halogenated alkanes) is 1. The van der Waals surface area contributed by atoms with Gasteiger partial charge in [-0.2, -0.15) is 0 Å². The van der Waals surface area contributed by atoms with Crippen LogP contribution in [0.25, 0.3) is 0 Å². The lowest BCUT2D eigenvalue weighted by atomic mass is 9.87. The Hall–Kier alpha value is -1.92. The van der Waals surface area contributed by atoms with E-state index in [9.17, 15) is 19.8 Å². The number of hydrogen-bond donors (Lipinski definition) is 3. The summed E-state index contributed by atoms with van der Waals surface area (Å²) < 4.78 is 5.33. The van der Waals surface area contributed by atoms with E-state index in [2.05, 4.69) is 0 Å². The molecule has 1 aliphatic rings. The van der Waals surface area contributed by atoms with E-state index in [1.54, 1.807) is 12.2 Å². The van der Waals surface area contributed by atoms with Crippen molar-refractivity contribution in [3.05, 3.63) is 36.5 Å². The Morgan fingerprint density at radius 2 is 2.08 bits per heavy atom. The van der Waals surface area contributed by atoms with Crippen LogP contribution in [0.5, 0.6) is 0 Å². The fourth-order valence-corrected chi connectivity index (χ4v) is 2.76. The standard InChI is InChI=1S/C20H30O6/c1-2-3-6-9-15(21)12-13-18-16(17(22)14-20(25)26-18)10-7-4-5-8-11-19(23)24/h3-4,6-7,12-13,15-18,21-22H,2,5,8-11,14H2,1H3,(H,23,24)/b6-3-,7-4-,13-12+/t15?,16-,17-,18+/m0/s1. The van der Waals surface area contributed by atoms with Crippen molar-refractivity contribution in [3.8, 4) is 0 Å². The first kappa shape index (κ1) is 22.1. The Morgan fingerprint density at radius 1 is 1.31 bits per heavy atom. The second-order valence-corrected chi connectivity index (χ2v) is 6.45. The van der Waals surface area contributed by atoms with E-state index < -0.39 is 30.3 Å². The largest absolute Gasteiger partial charge is 0.481 e. The molecule has 3 N–H and O–H groups in total. The molecular weight excluding hydrogens is 336 g/mol. The van der Waals surface area contributed by atoms with Crippen molar-refractivity contribution >= 4 is 11.9 Å². The summed E-state index contributed by atoms with van der Waals surface area (Å²) in [6.07, 6.45) is 12.1. The Morgan fingerprint density at radius 3 is 2.77 bits per heavy atom. The molecule has 0 bridgehead atoms. The number of rotatable bonds is 11. The quantitative estimate of drug-likeness (QED) is 0.295. The number of aliphatic hydroxyl groups is 2. The Kier molecular flexibility index (Phi) is 10.6.